The van der Waals surface area contributed by atoms with Crippen molar-refractivity contribution in [1.29, 1.82) is 0 Å². The molecule has 1 aliphatic heterocycles. The summed E-state index contributed by atoms with van der Waals surface area (Å²) < 4.78 is 24.3. The van der Waals surface area contributed by atoms with Gasteiger partial charge in [-0.1, -0.05) is 11.8 Å². The van der Waals surface area contributed by atoms with Crippen molar-refractivity contribution < 1.29 is 13.9 Å². The van der Waals surface area contributed by atoms with Gasteiger partial charge in [-0.2, -0.15) is 0 Å². The first kappa shape index (κ1) is 13.1. The summed E-state index contributed by atoms with van der Waals surface area (Å²) in [6.07, 6.45) is 2.37. The van der Waals surface area contributed by atoms with Crippen LogP contribution in [0.4, 0.5) is 4.39 Å². The van der Waals surface area contributed by atoms with Crippen molar-refractivity contribution in [3.8, 4) is 5.75 Å². The Morgan fingerprint density at radius 3 is 3.14 bits per heavy atom. The van der Waals surface area contributed by atoms with E-state index in [-0.39, 0.29) is 12.6 Å². The number of nitrogens with one attached hydrogen (secondary N) is 1. The summed E-state index contributed by atoms with van der Waals surface area (Å²) in [7, 11) is 0. The summed E-state index contributed by atoms with van der Waals surface area (Å²) in [6.45, 7) is 0.597. The molecule has 5 nitrogen and oxygen atoms in total. The van der Waals surface area contributed by atoms with Crippen LogP contribution in [0.1, 0.15) is 35.7 Å². The summed E-state index contributed by atoms with van der Waals surface area (Å²) in [5.74, 6) is 2.54. The van der Waals surface area contributed by atoms with Crippen LogP contribution in [0.25, 0.3) is 0 Å². The van der Waals surface area contributed by atoms with Gasteiger partial charge < -0.3 is 9.47 Å². The minimum absolute atomic E-state index is 0.211. The summed E-state index contributed by atoms with van der Waals surface area (Å²) >= 11 is 1.48. The molecule has 0 atom stereocenters. The Morgan fingerprint density at radius 1 is 1.38 bits per heavy atom. The molecule has 0 spiro atoms. The molecular formula is C14H14FN3O2S. The van der Waals surface area contributed by atoms with Crippen LogP contribution in [-0.4, -0.2) is 22.0 Å². The molecule has 2 aliphatic rings. The number of fused-ring (bicyclic) bond motifs is 1. The molecule has 110 valence electrons. The molecule has 0 radical (unpaired) electrons. The maximum absolute atomic E-state index is 13.6. The first-order chi connectivity index (χ1) is 10.3. The van der Waals surface area contributed by atoms with Gasteiger partial charge in [0, 0.05) is 22.8 Å². The van der Waals surface area contributed by atoms with E-state index in [4.69, 9.17) is 9.47 Å². The molecule has 0 unspecified atom stereocenters. The standard InChI is InChI=1S/C14H14FN3O2S/c15-11-3-9-5-19-7-20-12(9)10(4-11)6-21-14-16-13(17-18-14)8-1-2-8/h3-4,8H,1-2,5-7H2,(H,16,17,18). The predicted octanol–water partition coefficient (Wildman–Crippen LogP) is 2.98. The van der Waals surface area contributed by atoms with Crippen LogP contribution < -0.4 is 4.74 Å². The lowest BCUT2D eigenvalue weighted by molar-refractivity contribution is -0.0171. The van der Waals surface area contributed by atoms with Crippen molar-refractivity contribution in [3.63, 3.8) is 0 Å². The molecule has 1 aromatic carbocycles. The molecule has 1 fully saturated rings. The van der Waals surface area contributed by atoms with E-state index in [0.717, 1.165) is 22.7 Å². The van der Waals surface area contributed by atoms with Crippen LogP contribution in [0.5, 0.6) is 5.75 Å². The number of rotatable bonds is 4. The SMILES string of the molecule is Fc1cc2c(c(CSc3n[nH]c(C4CC4)n3)c1)OCOC2. The number of thioether (sulfide) groups is 1. The number of nitrogens with zero attached hydrogens (tertiary/aromatic N) is 2. The zero-order valence-corrected chi connectivity index (χ0v) is 12.1. The third-order valence-corrected chi connectivity index (χ3v) is 4.45. The molecule has 1 aliphatic carbocycles. The van der Waals surface area contributed by atoms with E-state index < -0.39 is 0 Å². The van der Waals surface area contributed by atoms with Gasteiger partial charge in [-0.15, -0.1) is 5.10 Å². The molecule has 21 heavy (non-hydrogen) atoms. The first-order valence-corrected chi connectivity index (χ1v) is 7.85. The number of hydrogen-bond donors (Lipinski definition) is 1. The summed E-state index contributed by atoms with van der Waals surface area (Å²) in [5.41, 5.74) is 1.57. The van der Waals surface area contributed by atoms with Gasteiger partial charge in [0.1, 0.15) is 17.4 Å². The number of ether oxygens (including phenoxy) is 2. The van der Waals surface area contributed by atoms with Gasteiger partial charge in [-0.05, 0) is 25.0 Å². The second-order valence-electron chi connectivity index (χ2n) is 5.23. The van der Waals surface area contributed by atoms with Crippen LogP contribution >= 0.6 is 11.8 Å². The average Bonchev–Trinajstić information content (AvgIpc) is 3.24. The van der Waals surface area contributed by atoms with E-state index >= 15 is 0 Å². The van der Waals surface area contributed by atoms with Gasteiger partial charge in [0.05, 0.1) is 6.61 Å². The fourth-order valence-electron chi connectivity index (χ4n) is 2.37. The van der Waals surface area contributed by atoms with Crippen molar-refractivity contribution in [2.75, 3.05) is 6.79 Å². The van der Waals surface area contributed by atoms with Crippen molar-refractivity contribution in [2.24, 2.45) is 0 Å². The summed E-state index contributed by atoms with van der Waals surface area (Å²) in [6, 6.07) is 2.96. The largest absolute Gasteiger partial charge is 0.467 e. The third-order valence-electron chi connectivity index (χ3n) is 3.55. The van der Waals surface area contributed by atoms with Gasteiger partial charge >= 0.3 is 0 Å². The van der Waals surface area contributed by atoms with Gasteiger partial charge in [0.2, 0.25) is 5.16 Å². The van der Waals surface area contributed by atoms with Gasteiger partial charge in [0.15, 0.2) is 6.79 Å². The Morgan fingerprint density at radius 2 is 2.29 bits per heavy atom. The molecule has 7 heteroatoms. The summed E-state index contributed by atoms with van der Waals surface area (Å²) in [5, 5.41) is 7.86. The minimum Gasteiger partial charge on any atom is -0.467 e. The highest BCUT2D eigenvalue weighted by molar-refractivity contribution is 7.98. The lowest BCUT2D eigenvalue weighted by Crippen LogP contribution is -2.13. The second kappa shape index (κ2) is 5.31. The zero-order chi connectivity index (χ0) is 14.2. The number of H-pyrrole nitrogens is 1. The highest BCUT2D eigenvalue weighted by Crippen LogP contribution is 2.39. The van der Waals surface area contributed by atoms with E-state index in [9.17, 15) is 4.39 Å². The molecule has 0 amide bonds. The van der Waals surface area contributed by atoms with Crippen molar-refractivity contribution in [1.82, 2.24) is 15.2 Å². The van der Waals surface area contributed by atoms with Crippen LogP contribution in [0.2, 0.25) is 0 Å². The highest BCUT2D eigenvalue weighted by atomic mass is 32.2. The minimum atomic E-state index is -0.271. The number of aromatic amines is 1. The van der Waals surface area contributed by atoms with E-state index in [1.807, 2.05) is 0 Å². The maximum Gasteiger partial charge on any atom is 0.208 e. The smallest absolute Gasteiger partial charge is 0.208 e. The Balaban J connectivity index is 1.51. The average molecular weight is 307 g/mol. The molecule has 1 N–H and O–H groups in total. The lowest BCUT2D eigenvalue weighted by Gasteiger charge is -2.20. The van der Waals surface area contributed by atoms with Gasteiger partial charge in [-0.3, -0.25) is 5.10 Å². The fourth-order valence-corrected chi connectivity index (χ4v) is 3.14. The first-order valence-electron chi connectivity index (χ1n) is 6.86. The Labute approximate surface area is 125 Å². The molecule has 2 aromatic rings. The quantitative estimate of drug-likeness (QED) is 0.880. The monoisotopic (exact) mass is 307 g/mol. The maximum atomic E-state index is 13.6. The van der Waals surface area contributed by atoms with E-state index in [1.165, 1.54) is 36.7 Å². The number of aromatic nitrogens is 3. The van der Waals surface area contributed by atoms with Crippen LogP contribution in [0.15, 0.2) is 17.3 Å². The van der Waals surface area contributed by atoms with Gasteiger partial charge in [0.25, 0.3) is 0 Å². The van der Waals surface area contributed by atoms with Crippen molar-refractivity contribution in [3.05, 3.63) is 34.9 Å². The predicted molar refractivity (Wildman–Crippen MR) is 74.6 cm³/mol. The van der Waals surface area contributed by atoms with E-state index in [2.05, 4.69) is 15.2 Å². The van der Waals surface area contributed by atoms with E-state index in [0.29, 0.717) is 23.4 Å². The molecule has 1 saturated carbocycles. The van der Waals surface area contributed by atoms with Crippen molar-refractivity contribution >= 4 is 11.8 Å². The molecule has 0 bridgehead atoms. The van der Waals surface area contributed by atoms with Crippen LogP contribution in [-0.2, 0) is 17.1 Å². The fraction of sp³-hybridized carbons (Fsp3) is 0.429. The molecule has 2 heterocycles. The van der Waals surface area contributed by atoms with Gasteiger partial charge in [-0.25, -0.2) is 9.37 Å². The number of benzene rings is 1. The van der Waals surface area contributed by atoms with E-state index in [1.54, 1.807) is 0 Å². The molecule has 1 aromatic heterocycles. The lowest BCUT2D eigenvalue weighted by atomic mass is 10.1. The highest BCUT2D eigenvalue weighted by Gasteiger charge is 2.27. The topological polar surface area (TPSA) is 60.0 Å². The van der Waals surface area contributed by atoms with Crippen molar-refractivity contribution in [2.45, 2.75) is 36.3 Å². The van der Waals surface area contributed by atoms with Crippen LogP contribution in [0.3, 0.4) is 0 Å². The Kier molecular flexibility index (Phi) is 3.31. The number of halogens is 1. The third kappa shape index (κ3) is 2.75. The normalized spacial score (nSPS) is 17.4. The van der Waals surface area contributed by atoms with Crippen LogP contribution in [0, 0.1) is 5.82 Å². The molecular weight excluding hydrogens is 293 g/mol. The summed E-state index contributed by atoms with van der Waals surface area (Å²) in [4.78, 5) is 4.46. The Bertz CT molecular complexity index is 672. The molecule has 0 saturated heterocycles. The number of hydrogen-bond acceptors (Lipinski definition) is 5. The second-order valence-corrected chi connectivity index (χ2v) is 6.17. The Hall–Kier alpha value is -1.60. The molecule has 4 rings (SSSR count). The zero-order valence-electron chi connectivity index (χ0n) is 11.3.